The van der Waals surface area contributed by atoms with E-state index in [1.807, 2.05) is 30.3 Å². The first-order chi connectivity index (χ1) is 11.6. The molecule has 0 aliphatic heterocycles. The van der Waals surface area contributed by atoms with Crippen molar-refractivity contribution < 1.29 is 23.9 Å². The van der Waals surface area contributed by atoms with Gasteiger partial charge in [-0.1, -0.05) is 36.4 Å². The van der Waals surface area contributed by atoms with Crippen molar-refractivity contribution in [3.8, 4) is 11.5 Å². The molecule has 0 saturated heterocycles. The highest BCUT2D eigenvalue weighted by Crippen LogP contribution is 2.40. The molecule has 2 rings (SSSR count). The molecule has 2 aromatic carbocycles. The lowest BCUT2D eigenvalue weighted by Gasteiger charge is -2.13. The van der Waals surface area contributed by atoms with Crippen molar-refractivity contribution in [3.63, 3.8) is 0 Å². The molecule has 0 amide bonds. The normalized spacial score (nSPS) is 10.1. The van der Waals surface area contributed by atoms with E-state index in [9.17, 15) is 14.9 Å². The number of carbonyl (C=O) groups excluding carboxylic acids is 1. The molecule has 0 N–H and O–H groups in total. The molecule has 0 spiro atoms. The Morgan fingerprint density at radius 2 is 1.83 bits per heavy atom. The minimum atomic E-state index is -0.583. The second-order valence-corrected chi connectivity index (χ2v) is 4.89. The topological polar surface area (TPSA) is 87.9 Å². The van der Waals surface area contributed by atoms with E-state index in [-0.39, 0.29) is 30.2 Å². The van der Waals surface area contributed by atoms with Gasteiger partial charge in [-0.25, -0.2) is 0 Å². The van der Waals surface area contributed by atoms with Gasteiger partial charge < -0.3 is 14.2 Å². The Bertz CT molecular complexity index is 729. The molecule has 0 aliphatic rings. The average molecular weight is 331 g/mol. The fraction of sp³-hybridized carbons (Fsp3) is 0.235. The SMILES string of the molecule is COC(=O)Cc1ccc(OC)c([N+](=O)[O-])c1OCc1ccccc1. The van der Waals surface area contributed by atoms with Gasteiger partial charge in [-0.05, 0) is 11.6 Å². The summed E-state index contributed by atoms with van der Waals surface area (Å²) in [5, 5.41) is 11.4. The van der Waals surface area contributed by atoms with E-state index in [4.69, 9.17) is 9.47 Å². The predicted molar refractivity (Wildman–Crippen MR) is 86.1 cm³/mol. The number of methoxy groups -OCH3 is 2. The molecule has 126 valence electrons. The molecular weight excluding hydrogens is 314 g/mol. The van der Waals surface area contributed by atoms with Crippen LogP contribution in [0.3, 0.4) is 0 Å². The summed E-state index contributed by atoms with van der Waals surface area (Å²) in [7, 11) is 2.59. The first kappa shape index (κ1) is 17.3. The Morgan fingerprint density at radius 3 is 2.42 bits per heavy atom. The maximum absolute atomic E-state index is 11.6. The summed E-state index contributed by atoms with van der Waals surface area (Å²) in [6, 6.07) is 12.2. The number of carbonyl (C=O) groups is 1. The molecule has 0 atom stereocenters. The van der Waals surface area contributed by atoms with Crippen molar-refractivity contribution in [2.45, 2.75) is 13.0 Å². The van der Waals surface area contributed by atoms with Crippen molar-refractivity contribution in [1.29, 1.82) is 0 Å². The molecule has 24 heavy (non-hydrogen) atoms. The van der Waals surface area contributed by atoms with E-state index in [0.29, 0.717) is 5.56 Å². The fourth-order valence-electron chi connectivity index (χ4n) is 2.19. The molecule has 0 saturated carbocycles. The molecule has 0 aliphatic carbocycles. The zero-order valence-electron chi connectivity index (χ0n) is 13.4. The van der Waals surface area contributed by atoms with E-state index in [1.165, 1.54) is 20.3 Å². The summed E-state index contributed by atoms with van der Waals surface area (Å²) in [6.45, 7) is 0.128. The number of rotatable bonds is 7. The summed E-state index contributed by atoms with van der Waals surface area (Å²) in [5.41, 5.74) is 0.902. The standard InChI is InChI=1S/C17H17NO6/c1-22-14-9-8-13(10-15(19)23-2)17(16(14)18(20)21)24-11-12-6-4-3-5-7-12/h3-9H,10-11H2,1-2H3. The number of nitro benzene ring substituents is 1. The Kier molecular flexibility index (Phi) is 5.73. The van der Waals surface area contributed by atoms with Crippen molar-refractivity contribution in [2.24, 2.45) is 0 Å². The number of benzene rings is 2. The lowest BCUT2D eigenvalue weighted by atomic mass is 10.1. The highest BCUT2D eigenvalue weighted by molar-refractivity contribution is 5.75. The van der Waals surface area contributed by atoms with Crippen molar-refractivity contribution in [3.05, 3.63) is 63.7 Å². The lowest BCUT2D eigenvalue weighted by Crippen LogP contribution is -2.09. The maximum atomic E-state index is 11.6. The largest absolute Gasteiger partial charge is 0.490 e. The lowest BCUT2D eigenvalue weighted by molar-refractivity contribution is -0.386. The van der Waals surface area contributed by atoms with Crippen molar-refractivity contribution in [2.75, 3.05) is 14.2 Å². The second-order valence-electron chi connectivity index (χ2n) is 4.89. The van der Waals surface area contributed by atoms with Gasteiger partial charge in [0.25, 0.3) is 0 Å². The third-order valence-electron chi connectivity index (χ3n) is 3.37. The summed E-state index contributed by atoms with van der Waals surface area (Å²) in [5.74, 6) is -0.440. The van der Waals surface area contributed by atoms with Gasteiger partial charge in [-0.15, -0.1) is 0 Å². The molecular formula is C17H17NO6. The van der Waals surface area contributed by atoms with Crippen LogP contribution in [-0.4, -0.2) is 25.1 Å². The van der Waals surface area contributed by atoms with Gasteiger partial charge in [0.1, 0.15) is 6.61 Å². The zero-order chi connectivity index (χ0) is 17.5. The van der Waals surface area contributed by atoms with E-state index >= 15 is 0 Å². The number of nitrogens with zero attached hydrogens (tertiary/aromatic N) is 1. The first-order valence-electron chi connectivity index (χ1n) is 7.14. The fourth-order valence-corrected chi connectivity index (χ4v) is 2.19. The van der Waals surface area contributed by atoms with Crippen LogP contribution in [-0.2, 0) is 22.6 Å². The number of nitro groups is 1. The van der Waals surface area contributed by atoms with Gasteiger partial charge in [-0.3, -0.25) is 14.9 Å². The molecule has 0 unspecified atom stereocenters. The Labute approximate surface area is 138 Å². The first-order valence-corrected chi connectivity index (χ1v) is 7.14. The van der Waals surface area contributed by atoms with Gasteiger partial charge in [0, 0.05) is 5.56 Å². The molecule has 0 heterocycles. The molecule has 0 fully saturated rings. The van der Waals surface area contributed by atoms with Crippen LogP contribution in [0.2, 0.25) is 0 Å². The number of hydrogen-bond donors (Lipinski definition) is 0. The summed E-state index contributed by atoms with van der Waals surface area (Å²) >= 11 is 0. The van der Waals surface area contributed by atoms with Gasteiger partial charge in [-0.2, -0.15) is 0 Å². The molecule has 2 aromatic rings. The van der Waals surface area contributed by atoms with Crippen LogP contribution < -0.4 is 9.47 Å². The third kappa shape index (κ3) is 4.01. The van der Waals surface area contributed by atoms with E-state index in [2.05, 4.69) is 4.74 Å². The summed E-state index contributed by atoms with van der Waals surface area (Å²) in [6.07, 6.45) is -0.133. The Balaban J connectivity index is 2.42. The van der Waals surface area contributed by atoms with Crippen LogP contribution in [0.5, 0.6) is 11.5 Å². The monoisotopic (exact) mass is 331 g/mol. The Hall–Kier alpha value is -3.09. The quantitative estimate of drug-likeness (QED) is 0.440. The minimum Gasteiger partial charge on any atom is -0.490 e. The van der Waals surface area contributed by atoms with Crippen LogP contribution in [0.25, 0.3) is 0 Å². The molecule has 0 radical (unpaired) electrons. The highest BCUT2D eigenvalue weighted by atomic mass is 16.6. The van der Waals surface area contributed by atoms with Crippen molar-refractivity contribution >= 4 is 11.7 Å². The van der Waals surface area contributed by atoms with Crippen LogP contribution in [0.1, 0.15) is 11.1 Å². The van der Waals surface area contributed by atoms with Crippen molar-refractivity contribution in [1.82, 2.24) is 0 Å². The number of ether oxygens (including phenoxy) is 3. The minimum absolute atomic E-state index is 0.00797. The van der Waals surface area contributed by atoms with Crippen LogP contribution in [0.4, 0.5) is 5.69 Å². The van der Waals surface area contributed by atoms with Gasteiger partial charge in [0.05, 0.1) is 25.6 Å². The van der Waals surface area contributed by atoms with Gasteiger partial charge >= 0.3 is 11.7 Å². The smallest absolute Gasteiger partial charge is 0.352 e. The van der Waals surface area contributed by atoms with E-state index in [1.54, 1.807) is 6.07 Å². The van der Waals surface area contributed by atoms with Crippen LogP contribution in [0, 0.1) is 10.1 Å². The number of esters is 1. The van der Waals surface area contributed by atoms with E-state index in [0.717, 1.165) is 5.56 Å². The van der Waals surface area contributed by atoms with Gasteiger partial charge in [0.2, 0.25) is 11.5 Å². The highest BCUT2D eigenvalue weighted by Gasteiger charge is 2.27. The predicted octanol–water partition coefficient (Wildman–Crippen LogP) is 2.90. The Morgan fingerprint density at radius 1 is 1.12 bits per heavy atom. The number of hydrogen-bond acceptors (Lipinski definition) is 6. The average Bonchev–Trinajstić information content (AvgIpc) is 2.60. The summed E-state index contributed by atoms with van der Waals surface area (Å²) in [4.78, 5) is 22.4. The zero-order valence-corrected chi connectivity index (χ0v) is 13.4. The van der Waals surface area contributed by atoms with E-state index < -0.39 is 10.9 Å². The maximum Gasteiger partial charge on any atom is 0.352 e. The molecule has 0 bridgehead atoms. The second kappa shape index (κ2) is 7.96. The van der Waals surface area contributed by atoms with Gasteiger partial charge in [0.15, 0.2) is 0 Å². The molecule has 7 heteroatoms. The van der Waals surface area contributed by atoms with Crippen LogP contribution in [0.15, 0.2) is 42.5 Å². The third-order valence-corrected chi connectivity index (χ3v) is 3.37. The summed E-state index contributed by atoms with van der Waals surface area (Å²) < 4.78 is 15.4. The molecule has 0 aromatic heterocycles. The molecule has 7 nitrogen and oxygen atoms in total. The van der Waals surface area contributed by atoms with Crippen LogP contribution >= 0.6 is 0 Å².